The summed E-state index contributed by atoms with van der Waals surface area (Å²) in [5.74, 6) is -0.609. The molecule has 3 nitrogen and oxygen atoms in total. The van der Waals surface area contributed by atoms with Crippen molar-refractivity contribution in [3.63, 3.8) is 0 Å². The van der Waals surface area contributed by atoms with Crippen molar-refractivity contribution in [3.05, 3.63) is 29.0 Å². The van der Waals surface area contributed by atoms with Crippen LogP contribution in [0.4, 0.5) is 4.39 Å². The topological polar surface area (TPSA) is 46.2 Å². The molecule has 1 saturated carbocycles. The maximum Gasteiger partial charge on any atom is 0.182 e. The summed E-state index contributed by atoms with van der Waals surface area (Å²) in [6.07, 6.45) is 1.42. The average molecular weight is 320 g/mol. The second kappa shape index (κ2) is 5.28. The number of benzene rings is 1. The van der Waals surface area contributed by atoms with E-state index in [0.29, 0.717) is 6.42 Å². The van der Waals surface area contributed by atoms with E-state index in [4.69, 9.17) is 11.6 Å². The van der Waals surface area contributed by atoms with Gasteiger partial charge in [0.1, 0.15) is 5.82 Å². The van der Waals surface area contributed by atoms with Crippen LogP contribution < -0.4 is 5.32 Å². The zero-order valence-corrected chi connectivity index (χ0v) is 13.4. The fourth-order valence-electron chi connectivity index (χ4n) is 3.08. The van der Waals surface area contributed by atoms with E-state index < -0.39 is 20.9 Å². The highest BCUT2D eigenvalue weighted by atomic mass is 35.5. The lowest BCUT2D eigenvalue weighted by Crippen LogP contribution is -2.45. The van der Waals surface area contributed by atoms with E-state index in [0.717, 1.165) is 12.5 Å². The maximum atomic E-state index is 13.2. The van der Waals surface area contributed by atoms with Crippen LogP contribution in [0.2, 0.25) is 5.02 Å². The fourth-order valence-corrected chi connectivity index (χ4v) is 5.50. The first-order valence-electron chi connectivity index (χ1n) is 6.56. The molecule has 1 aliphatic carbocycles. The zero-order chi connectivity index (χ0) is 15.1. The molecule has 2 rings (SSSR count). The molecule has 0 heterocycles. The molecule has 6 heteroatoms. The van der Waals surface area contributed by atoms with Gasteiger partial charge in [0.25, 0.3) is 0 Å². The van der Waals surface area contributed by atoms with E-state index in [1.165, 1.54) is 12.1 Å². The highest BCUT2D eigenvalue weighted by molar-refractivity contribution is 7.92. The van der Waals surface area contributed by atoms with E-state index in [9.17, 15) is 12.8 Å². The van der Waals surface area contributed by atoms with Crippen molar-refractivity contribution in [2.45, 2.75) is 42.9 Å². The first kappa shape index (κ1) is 15.7. The van der Waals surface area contributed by atoms with Gasteiger partial charge in [0, 0.05) is 6.04 Å². The lowest BCUT2D eigenvalue weighted by Gasteiger charge is -2.30. The third-order valence-electron chi connectivity index (χ3n) is 4.22. The number of hydrogen-bond donors (Lipinski definition) is 1. The molecule has 0 aliphatic heterocycles. The van der Waals surface area contributed by atoms with Crippen molar-refractivity contribution in [2.24, 2.45) is 5.41 Å². The van der Waals surface area contributed by atoms with Crippen molar-refractivity contribution >= 4 is 21.4 Å². The minimum atomic E-state index is -3.52. The average Bonchev–Trinajstić information content (AvgIpc) is 2.68. The molecular formula is C14H19ClFNO2S. The molecule has 1 aliphatic rings. The Hall–Kier alpha value is -0.650. The highest BCUT2D eigenvalue weighted by Crippen LogP contribution is 2.42. The zero-order valence-electron chi connectivity index (χ0n) is 11.8. The third-order valence-corrected chi connectivity index (χ3v) is 6.72. The van der Waals surface area contributed by atoms with Crippen molar-refractivity contribution in [2.75, 3.05) is 7.05 Å². The third kappa shape index (κ3) is 2.59. The van der Waals surface area contributed by atoms with Crippen molar-refractivity contribution in [1.29, 1.82) is 0 Å². The van der Waals surface area contributed by atoms with Crippen LogP contribution in [0.1, 0.15) is 26.7 Å². The van der Waals surface area contributed by atoms with Gasteiger partial charge in [0.15, 0.2) is 9.84 Å². The van der Waals surface area contributed by atoms with Crippen LogP contribution in [0, 0.1) is 11.2 Å². The first-order chi connectivity index (χ1) is 9.20. The van der Waals surface area contributed by atoms with Gasteiger partial charge in [-0.3, -0.25) is 0 Å². The number of hydrogen-bond acceptors (Lipinski definition) is 3. The first-order valence-corrected chi connectivity index (χ1v) is 8.49. The van der Waals surface area contributed by atoms with Crippen LogP contribution in [0.25, 0.3) is 0 Å². The summed E-state index contributed by atoms with van der Waals surface area (Å²) in [5.41, 5.74) is -0.0870. The molecule has 2 atom stereocenters. The summed E-state index contributed by atoms with van der Waals surface area (Å²) in [6, 6.07) is 3.46. The van der Waals surface area contributed by atoms with Crippen molar-refractivity contribution in [3.8, 4) is 0 Å². The molecule has 0 saturated heterocycles. The number of halogens is 2. The smallest absolute Gasteiger partial charge is 0.182 e. The Morgan fingerprint density at radius 3 is 2.60 bits per heavy atom. The monoisotopic (exact) mass is 319 g/mol. The Morgan fingerprint density at radius 2 is 2.05 bits per heavy atom. The molecule has 20 heavy (non-hydrogen) atoms. The van der Waals surface area contributed by atoms with Gasteiger partial charge in [0.2, 0.25) is 0 Å². The molecule has 0 aromatic heterocycles. The van der Waals surface area contributed by atoms with Crippen LogP contribution >= 0.6 is 11.6 Å². The van der Waals surface area contributed by atoms with Gasteiger partial charge < -0.3 is 5.32 Å². The predicted octanol–water partition coefficient (Wildman–Crippen LogP) is 3.03. The summed E-state index contributed by atoms with van der Waals surface area (Å²) < 4.78 is 38.7. The van der Waals surface area contributed by atoms with Gasteiger partial charge >= 0.3 is 0 Å². The minimum absolute atomic E-state index is 0.0870. The second-order valence-corrected chi connectivity index (χ2v) is 8.53. The van der Waals surface area contributed by atoms with E-state index in [1.54, 1.807) is 7.05 Å². The summed E-state index contributed by atoms with van der Waals surface area (Å²) >= 11 is 5.70. The predicted molar refractivity (Wildman–Crippen MR) is 78.2 cm³/mol. The van der Waals surface area contributed by atoms with Crippen LogP contribution in [0.5, 0.6) is 0 Å². The molecule has 1 aromatic rings. The molecule has 1 aromatic carbocycles. The molecule has 0 spiro atoms. The van der Waals surface area contributed by atoms with Gasteiger partial charge in [-0.2, -0.15) is 0 Å². The normalized spacial score (nSPS) is 25.9. The van der Waals surface area contributed by atoms with Gasteiger partial charge in [-0.15, -0.1) is 0 Å². The molecule has 0 amide bonds. The molecule has 1 fully saturated rings. The molecule has 0 bridgehead atoms. The molecule has 2 unspecified atom stereocenters. The molecule has 1 N–H and O–H groups in total. The number of nitrogens with one attached hydrogen (secondary N) is 1. The van der Waals surface area contributed by atoms with Gasteiger partial charge in [0.05, 0.1) is 15.2 Å². The Morgan fingerprint density at radius 1 is 1.40 bits per heavy atom. The van der Waals surface area contributed by atoms with Gasteiger partial charge in [-0.1, -0.05) is 25.4 Å². The number of sulfone groups is 1. The van der Waals surface area contributed by atoms with E-state index >= 15 is 0 Å². The highest BCUT2D eigenvalue weighted by Gasteiger charge is 2.47. The van der Waals surface area contributed by atoms with Gasteiger partial charge in [-0.05, 0) is 43.5 Å². The Balaban J connectivity index is 2.42. The Kier molecular flexibility index (Phi) is 4.15. The largest absolute Gasteiger partial charge is 0.315 e. The quantitative estimate of drug-likeness (QED) is 0.871. The standard InChI is InChI=1S/C14H19ClFNO2S/c1-14(2)7-6-12(13(14)17-3)20(18,19)9-4-5-11(16)10(15)8-9/h4-5,8,12-13,17H,6-7H2,1-3H3. The van der Waals surface area contributed by atoms with Crippen LogP contribution in [-0.2, 0) is 9.84 Å². The summed E-state index contributed by atoms with van der Waals surface area (Å²) in [7, 11) is -1.75. The van der Waals surface area contributed by atoms with E-state index in [-0.39, 0.29) is 21.4 Å². The van der Waals surface area contributed by atoms with Crippen molar-refractivity contribution < 1.29 is 12.8 Å². The minimum Gasteiger partial charge on any atom is -0.315 e. The van der Waals surface area contributed by atoms with Crippen molar-refractivity contribution in [1.82, 2.24) is 5.32 Å². The number of rotatable bonds is 3. The second-order valence-electron chi connectivity index (χ2n) is 5.95. The van der Waals surface area contributed by atoms with Gasteiger partial charge in [-0.25, -0.2) is 12.8 Å². The fraction of sp³-hybridized carbons (Fsp3) is 0.571. The van der Waals surface area contributed by atoms with E-state index in [2.05, 4.69) is 19.2 Å². The summed E-state index contributed by atoms with van der Waals surface area (Å²) in [4.78, 5) is 0.0897. The van der Waals surface area contributed by atoms with Crippen LogP contribution in [-0.4, -0.2) is 26.8 Å². The molecular weight excluding hydrogens is 301 g/mol. The molecule has 112 valence electrons. The lowest BCUT2D eigenvalue weighted by atomic mass is 9.87. The van der Waals surface area contributed by atoms with Crippen LogP contribution in [0.15, 0.2) is 23.1 Å². The Labute approximate surface area is 124 Å². The summed E-state index contributed by atoms with van der Waals surface area (Å²) in [6.45, 7) is 4.11. The van der Waals surface area contributed by atoms with Crippen LogP contribution in [0.3, 0.4) is 0 Å². The van der Waals surface area contributed by atoms with E-state index in [1.807, 2.05) is 0 Å². The summed E-state index contributed by atoms with van der Waals surface area (Å²) in [5, 5.41) is 2.45. The maximum absolute atomic E-state index is 13.2. The SMILES string of the molecule is CNC1C(S(=O)(=O)c2ccc(F)c(Cl)c2)CCC1(C)C. The Bertz CT molecular complexity index is 616. The molecule has 0 radical (unpaired) electrons. The lowest BCUT2D eigenvalue weighted by molar-refractivity contribution is 0.297.